The van der Waals surface area contributed by atoms with Gasteiger partial charge in [-0.3, -0.25) is 0 Å². The van der Waals surface area contributed by atoms with Crippen LogP contribution in [0.5, 0.6) is 0 Å². The Balaban J connectivity index is 1.54. The van der Waals surface area contributed by atoms with Crippen molar-refractivity contribution in [2.75, 3.05) is 18.4 Å². The van der Waals surface area contributed by atoms with E-state index in [4.69, 9.17) is 0 Å². The molecule has 3 rings (SSSR count). The van der Waals surface area contributed by atoms with Crippen molar-refractivity contribution >= 4 is 5.69 Å². The summed E-state index contributed by atoms with van der Waals surface area (Å²) in [6, 6.07) is 6.85. The second kappa shape index (κ2) is 4.93. The van der Waals surface area contributed by atoms with Crippen LogP contribution in [0, 0.1) is 5.41 Å². The first-order valence-corrected chi connectivity index (χ1v) is 7.38. The third-order valence-electron chi connectivity index (χ3n) is 4.87. The molecule has 18 heavy (non-hydrogen) atoms. The molecule has 1 saturated carbocycles. The van der Waals surface area contributed by atoms with E-state index in [2.05, 4.69) is 35.8 Å². The van der Waals surface area contributed by atoms with Crippen LogP contribution in [0.25, 0.3) is 0 Å². The smallest absolute Gasteiger partial charge is 0.0373 e. The molecule has 2 nitrogen and oxygen atoms in total. The lowest BCUT2D eigenvalue weighted by molar-refractivity contribution is 0.124. The number of nitrogens with one attached hydrogen (secondary N) is 2. The van der Waals surface area contributed by atoms with Crippen molar-refractivity contribution in [1.82, 2.24) is 5.32 Å². The number of hydrogen-bond donors (Lipinski definition) is 2. The highest BCUT2D eigenvalue weighted by Gasteiger charge is 2.34. The number of anilines is 1. The first kappa shape index (κ1) is 12.0. The molecule has 0 radical (unpaired) electrons. The van der Waals surface area contributed by atoms with Gasteiger partial charge in [0.2, 0.25) is 0 Å². The molecule has 0 aromatic heterocycles. The highest BCUT2D eigenvalue weighted by atomic mass is 14.9. The average molecular weight is 244 g/mol. The molecule has 98 valence electrons. The Hall–Kier alpha value is -1.02. The molecule has 2 aliphatic rings. The normalized spacial score (nSPS) is 20.1. The van der Waals surface area contributed by atoms with Gasteiger partial charge in [-0.1, -0.05) is 25.5 Å². The molecule has 0 bridgehead atoms. The minimum Gasteiger partial charge on any atom is -0.384 e. The summed E-state index contributed by atoms with van der Waals surface area (Å²) in [7, 11) is 0. The minimum absolute atomic E-state index is 0.623. The maximum Gasteiger partial charge on any atom is 0.0373 e. The zero-order chi connectivity index (χ0) is 12.4. The first-order valence-electron chi connectivity index (χ1n) is 7.38. The number of hydrogen-bond acceptors (Lipinski definition) is 2. The van der Waals surface area contributed by atoms with Crippen LogP contribution >= 0.6 is 0 Å². The van der Waals surface area contributed by atoms with Crippen molar-refractivity contribution < 1.29 is 0 Å². The summed E-state index contributed by atoms with van der Waals surface area (Å²) in [6.07, 6.45) is 6.78. The van der Waals surface area contributed by atoms with Gasteiger partial charge in [-0.25, -0.2) is 0 Å². The van der Waals surface area contributed by atoms with Crippen molar-refractivity contribution in [2.24, 2.45) is 5.41 Å². The van der Waals surface area contributed by atoms with Crippen LogP contribution in [0.3, 0.4) is 0 Å². The van der Waals surface area contributed by atoms with Crippen LogP contribution in [0.4, 0.5) is 5.69 Å². The fraction of sp³-hybridized carbons (Fsp3) is 0.625. The molecule has 0 unspecified atom stereocenters. The zero-order valence-electron chi connectivity index (χ0n) is 11.4. The van der Waals surface area contributed by atoms with E-state index in [1.807, 2.05) is 0 Å². The predicted octanol–water partition coefficient (Wildman–Crippen LogP) is 3.32. The maximum atomic E-state index is 3.67. The summed E-state index contributed by atoms with van der Waals surface area (Å²) in [5.74, 6) is 0. The standard InChI is InChI=1S/C16H24N2/c1-2-16(7-3-8-16)12-17-11-13-4-5-15-14(10-13)6-9-18-15/h4-5,10,17-18H,2-3,6-9,11-12H2,1H3. The Kier molecular flexibility index (Phi) is 3.29. The van der Waals surface area contributed by atoms with E-state index < -0.39 is 0 Å². The fourth-order valence-electron chi connectivity index (χ4n) is 3.27. The van der Waals surface area contributed by atoms with Crippen molar-refractivity contribution in [3.05, 3.63) is 29.3 Å². The lowest BCUT2D eigenvalue weighted by atomic mass is 9.67. The SMILES string of the molecule is CCC1(CNCc2ccc3c(c2)CCN3)CCC1. The van der Waals surface area contributed by atoms with Gasteiger partial charge in [0.25, 0.3) is 0 Å². The molecule has 0 spiro atoms. The molecular formula is C16H24N2. The van der Waals surface area contributed by atoms with Gasteiger partial charge in [0.05, 0.1) is 0 Å². The molecule has 0 amide bonds. The molecule has 2 heteroatoms. The number of rotatable bonds is 5. The Morgan fingerprint density at radius 3 is 2.94 bits per heavy atom. The Labute approximate surface area is 110 Å². The van der Waals surface area contributed by atoms with E-state index in [0.717, 1.165) is 13.1 Å². The third-order valence-corrected chi connectivity index (χ3v) is 4.87. The topological polar surface area (TPSA) is 24.1 Å². The molecular weight excluding hydrogens is 220 g/mol. The van der Waals surface area contributed by atoms with Gasteiger partial charge in [0.15, 0.2) is 0 Å². The molecule has 1 fully saturated rings. The van der Waals surface area contributed by atoms with E-state index in [9.17, 15) is 0 Å². The highest BCUT2D eigenvalue weighted by Crippen LogP contribution is 2.43. The summed E-state index contributed by atoms with van der Waals surface area (Å²) in [5, 5.41) is 7.08. The molecule has 1 aliphatic carbocycles. The van der Waals surface area contributed by atoms with Crippen molar-refractivity contribution in [1.29, 1.82) is 0 Å². The van der Waals surface area contributed by atoms with E-state index in [-0.39, 0.29) is 0 Å². The Bertz CT molecular complexity index is 416. The maximum absolute atomic E-state index is 3.67. The minimum atomic E-state index is 0.623. The zero-order valence-corrected chi connectivity index (χ0v) is 11.4. The highest BCUT2D eigenvalue weighted by molar-refractivity contribution is 5.56. The van der Waals surface area contributed by atoms with Gasteiger partial charge in [-0.2, -0.15) is 0 Å². The van der Waals surface area contributed by atoms with E-state index in [1.54, 1.807) is 0 Å². The molecule has 1 aromatic rings. The Morgan fingerprint density at radius 2 is 2.22 bits per heavy atom. The monoisotopic (exact) mass is 244 g/mol. The van der Waals surface area contributed by atoms with Gasteiger partial charge in [0.1, 0.15) is 0 Å². The quantitative estimate of drug-likeness (QED) is 0.830. The summed E-state index contributed by atoms with van der Waals surface area (Å²) < 4.78 is 0. The first-order chi connectivity index (χ1) is 8.81. The van der Waals surface area contributed by atoms with Crippen LogP contribution in [-0.2, 0) is 13.0 Å². The van der Waals surface area contributed by atoms with Gasteiger partial charge in [-0.05, 0) is 48.3 Å². The second-order valence-electron chi connectivity index (χ2n) is 5.98. The Morgan fingerprint density at radius 1 is 1.33 bits per heavy atom. The van der Waals surface area contributed by atoms with E-state index in [1.165, 1.54) is 55.5 Å². The van der Waals surface area contributed by atoms with Gasteiger partial charge < -0.3 is 10.6 Å². The molecule has 0 atom stereocenters. The van der Waals surface area contributed by atoms with E-state index in [0.29, 0.717) is 5.41 Å². The molecule has 1 aromatic carbocycles. The lowest BCUT2D eigenvalue weighted by Gasteiger charge is -2.41. The van der Waals surface area contributed by atoms with Crippen molar-refractivity contribution in [3.8, 4) is 0 Å². The fourth-order valence-corrected chi connectivity index (χ4v) is 3.27. The number of fused-ring (bicyclic) bond motifs is 1. The average Bonchev–Trinajstić information content (AvgIpc) is 2.80. The largest absolute Gasteiger partial charge is 0.384 e. The van der Waals surface area contributed by atoms with Gasteiger partial charge in [0, 0.05) is 25.3 Å². The summed E-state index contributed by atoms with van der Waals surface area (Å²) in [4.78, 5) is 0. The number of benzene rings is 1. The predicted molar refractivity (Wildman–Crippen MR) is 76.9 cm³/mol. The van der Waals surface area contributed by atoms with E-state index >= 15 is 0 Å². The molecule has 0 saturated heterocycles. The summed E-state index contributed by atoms with van der Waals surface area (Å²) >= 11 is 0. The summed E-state index contributed by atoms with van der Waals surface area (Å²) in [5.41, 5.74) is 4.88. The second-order valence-corrected chi connectivity index (χ2v) is 5.98. The molecule has 1 heterocycles. The van der Waals surface area contributed by atoms with Gasteiger partial charge in [-0.15, -0.1) is 0 Å². The van der Waals surface area contributed by atoms with Gasteiger partial charge >= 0.3 is 0 Å². The van der Waals surface area contributed by atoms with Crippen LogP contribution < -0.4 is 10.6 Å². The lowest BCUT2D eigenvalue weighted by Crippen LogP contribution is -2.39. The summed E-state index contributed by atoms with van der Waals surface area (Å²) in [6.45, 7) is 5.65. The molecule has 1 aliphatic heterocycles. The van der Waals surface area contributed by atoms with Crippen LogP contribution in [0.2, 0.25) is 0 Å². The van der Waals surface area contributed by atoms with Crippen LogP contribution in [0.1, 0.15) is 43.7 Å². The van der Waals surface area contributed by atoms with Crippen LogP contribution in [0.15, 0.2) is 18.2 Å². The molecule has 2 N–H and O–H groups in total. The third kappa shape index (κ3) is 2.26. The van der Waals surface area contributed by atoms with Crippen LogP contribution in [-0.4, -0.2) is 13.1 Å². The van der Waals surface area contributed by atoms with Crippen molar-refractivity contribution in [2.45, 2.75) is 45.6 Å². The van der Waals surface area contributed by atoms with Crippen molar-refractivity contribution in [3.63, 3.8) is 0 Å².